The van der Waals surface area contributed by atoms with Crippen LogP contribution in [0.2, 0.25) is 0 Å². The van der Waals surface area contributed by atoms with Crippen LogP contribution in [0.1, 0.15) is 13.3 Å². The van der Waals surface area contributed by atoms with E-state index in [1.54, 1.807) is 26.2 Å². The maximum absolute atomic E-state index is 11.1. The quantitative estimate of drug-likeness (QED) is 0.783. The highest BCUT2D eigenvalue weighted by atomic mass is 16.5. The van der Waals surface area contributed by atoms with Crippen molar-refractivity contribution >= 4 is 11.9 Å². The van der Waals surface area contributed by atoms with E-state index in [1.807, 2.05) is 0 Å². The predicted octanol–water partition coefficient (Wildman–Crippen LogP) is 1.20. The summed E-state index contributed by atoms with van der Waals surface area (Å²) in [6, 6.07) is 0. The van der Waals surface area contributed by atoms with Crippen molar-refractivity contribution < 1.29 is 19.1 Å². The summed E-state index contributed by atoms with van der Waals surface area (Å²) in [5, 5.41) is 2.61. The van der Waals surface area contributed by atoms with Crippen LogP contribution < -0.4 is 5.32 Å². The summed E-state index contributed by atoms with van der Waals surface area (Å²) in [5.74, 6) is -0.0592. The van der Waals surface area contributed by atoms with Crippen LogP contribution in [0, 0.1) is 0 Å². The van der Waals surface area contributed by atoms with Gasteiger partial charge < -0.3 is 14.8 Å². The molecule has 94 valence electrons. The molecule has 1 amide bonds. The number of allylic oxidation sites excluding steroid dienone is 2. The largest absolute Gasteiger partial charge is 0.450 e. The number of alkyl carbamates (subject to hydrolysis) is 1. The van der Waals surface area contributed by atoms with Gasteiger partial charge in [-0.25, -0.2) is 4.79 Å². The number of nitrogens with one attached hydrogen (secondary N) is 1. The molecule has 0 radical (unpaired) electrons. The summed E-state index contributed by atoms with van der Waals surface area (Å²) >= 11 is 0. The normalized spacial score (nSPS) is 16.9. The van der Waals surface area contributed by atoms with E-state index >= 15 is 0 Å². The van der Waals surface area contributed by atoms with Gasteiger partial charge in [-0.1, -0.05) is 0 Å². The molecule has 1 rings (SSSR count). The monoisotopic (exact) mass is 239 g/mol. The number of carbonyl (C=O) groups excluding carboxylic acids is 2. The Bertz CT molecular complexity index is 330. The van der Waals surface area contributed by atoms with Crippen molar-refractivity contribution in [3.05, 3.63) is 24.3 Å². The summed E-state index contributed by atoms with van der Waals surface area (Å²) in [5.41, 5.74) is -0.618. The van der Waals surface area contributed by atoms with Gasteiger partial charge >= 0.3 is 6.09 Å². The minimum atomic E-state index is -0.618. The van der Waals surface area contributed by atoms with E-state index < -0.39 is 11.7 Å². The molecule has 0 saturated heterocycles. The number of hydrogen-bond acceptors (Lipinski definition) is 4. The zero-order valence-corrected chi connectivity index (χ0v) is 10.1. The summed E-state index contributed by atoms with van der Waals surface area (Å²) in [6.07, 6.45) is 6.42. The minimum Gasteiger partial charge on any atom is -0.450 e. The van der Waals surface area contributed by atoms with Gasteiger partial charge in [-0.3, -0.25) is 4.79 Å². The minimum absolute atomic E-state index is 0.0592. The molecule has 0 atom stereocenters. The Hall–Kier alpha value is -1.62. The smallest absolute Gasteiger partial charge is 0.407 e. The number of ether oxygens (including phenoxy) is 2. The number of amides is 1. The first kappa shape index (κ1) is 13.4. The third-order valence-electron chi connectivity index (χ3n) is 2.50. The van der Waals surface area contributed by atoms with E-state index in [2.05, 4.69) is 5.32 Å². The van der Waals surface area contributed by atoms with Gasteiger partial charge in [0.15, 0.2) is 5.78 Å². The fourth-order valence-corrected chi connectivity index (χ4v) is 1.50. The molecular weight excluding hydrogens is 222 g/mol. The Labute approximate surface area is 100 Å². The maximum Gasteiger partial charge on any atom is 0.407 e. The van der Waals surface area contributed by atoms with Crippen LogP contribution >= 0.6 is 0 Å². The molecule has 0 bridgehead atoms. The summed E-state index contributed by atoms with van der Waals surface area (Å²) in [4.78, 5) is 22.1. The van der Waals surface area contributed by atoms with Gasteiger partial charge in [0.05, 0.1) is 6.61 Å². The van der Waals surface area contributed by atoms with E-state index in [0.717, 1.165) is 0 Å². The fourth-order valence-electron chi connectivity index (χ4n) is 1.50. The van der Waals surface area contributed by atoms with Gasteiger partial charge in [0.2, 0.25) is 0 Å². The molecule has 0 aromatic rings. The van der Waals surface area contributed by atoms with Gasteiger partial charge in [0, 0.05) is 20.1 Å². The summed E-state index contributed by atoms with van der Waals surface area (Å²) in [7, 11) is 1.56. The highest BCUT2D eigenvalue weighted by Crippen LogP contribution is 2.21. The van der Waals surface area contributed by atoms with Gasteiger partial charge in [0.1, 0.15) is 5.60 Å². The van der Waals surface area contributed by atoms with Crippen molar-refractivity contribution in [3.8, 4) is 0 Å². The Balaban J connectivity index is 2.43. The number of ketones is 1. The van der Waals surface area contributed by atoms with E-state index in [4.69, 9.17) is 9.47 Å². The molecule has 17 heavy (non-hydrogen) atoms. The second-order valence-corrected chi connectivity index (χ2v) is 3.63. The van der Waals surface area contributed by atoms with E-state index in [0.29, 0.717) is 19.6 Å². The van der Waals surface area contributed by atoms with Crippen molar-refractivity contribution in [2.45, 2.75) is 18.9 Å². The van der Waals surface area contributed by atoms with Crippen molar-refractivity contribution in [2.24, 2.45) is 0 Å². The predicted molar refractivity (Wildman–Crippen MR) is 62.7 cm³/mol. The second kappa shape index (κ2) is 6.20. The number of hydrogen-bond donors (Lipinski definition) is 1. The Morgan fingerprint density at radius 2 is 2.06 bits per heavy atom. The average molecular weight is 239 g/mol. The zero-order chi connectivity index (χ0) is 12.7. The van der Waals surface area contributed by atoms with Crippen molar-refractivity contribution in [3.63, 3.8) is 0 Å². The molecule has 5 nitrogen and oxygen atoms in total. The molecule has 0 spiro atoms. The molecule has 5 heteroatoms. The van der Waals surface area contributed by atoms with Crippen LogP contribution in [0.3, 0.4) is 0 Å². The maximum atomic E-state index is 11.1. The van der Waals surface area contributed by atoms with Crippen molar-refractivity contribution in [1.29, 1.82) is 0 Å². The second-order valence-electron chi connectivity index (χ2n) is 3.63. The number of methoxy groups -OCH3 is 1. The van der Waals surface area contributed by atoms with Crippen LogP contribution in [-0.2, 0) is 14.3 Å². The molecule has 0 heterocycles. The lowest BCUT2D eigenvalue weighted by Crippen LogP contribution is -2.35. The SMILES string of the molecule is CCOC(=O)NCCC1(OC)C=CC(=O)C=C1. The first-order valence-electron chi connectivity index (χ1n) is 5.50. The first-order chi connectivity index (χ1) is 8.12. The van der Waals surface area contributed by atoms with E-state index in [-0.39, 0.29) is 5.78 Å². The zero-order valence-electron chi connectivity index (χ0n) is 10.1. The Morgan fingerprint density at radius 1 is 1.41 bits per heavy atom. The Morgan fingerprint density at radius 3 is 2.59 bits per heavy atom. The highest BCUT2D eigenvalue weighted by Gasteiger charge is 2.25. The lowest BCUT2D eigenvalue weighted by atomic mass is 9.93. The van der Waals surface area contributed by atoms with Crippen molar-refractivity contribution in [1.82, 2.24) is 5.32 Å². The Kier molecular flexibility index (Phi) is 4.90. The molecule has 0 aliphatic heterocycles. The lowest BCUT2D eigenvalue weighted by Gasteiger charge is -2.27. The third-order valence-corrected chi connectivity index (χ3v) is 2.50. The summed E-state index contributed by atoms with van der Waals surface area (Å²) < 4.78 is 10.1. The standard InChI is InChI=1S/C12H17NO4/c1-3-17-11(15)13-9-8-12(16-2)6-4-10(14)5-7-12/h4-7H,3,8-9H2,1-2H3,(H,13,15). The molecule has 0 aromatic carbocycles. The molecule has 1 aliphatic carbocycles. The first-order valence-corrected chi connectivity index (χ1v) is 5.50. The average Bonchev–Trinajstić information content (AvgIpc) is 2.32. The number of carbonyl (C=O) groups is 2. The van der Waals surface area contributed by atoms with E-state index in [9.17, 15) is 9.59 Å². The van der Waals surface area contributed by atoms with Gasteiger partial charge in [-0.15, -0.1) is 0 Å². The third kappa shape index (κ3) is 4.03. The molecule has 1 aliphatic rings. The lowest BCUT2D eigenvalue weighted by molar-refractivity contribution is -0.110. The van der Waals surface area contributed by atoms with Crippen LogP contribution in [0.4, 0.5) is 4.79 Å². The molecular formula is C12H17NO4. The molecule has 1 N–H and O–H groups in total. The molecule has 0 saturated carbocycles. The van der Waals surface area contributed by atoms with Crippen LogP contribution in [0.25, 0.3) is 0 Å². The van der Waals surface area contributed by atoms with Crippen molar-refractivity contribution in [2.75, 3.05) is 20.3 Å². The molecule has 0 fully saturated rings. The van der Waals surface area contributed by atoms with Gasteiger partial charge in [-0.2, -0.15) is 0 Å². The topological polar surface area (TPSA) is 64.6 Å². The molecule has 0 aromatic heterocycles. The van der Waals surface area contributed by atoms with E-state index in [1.165, 1.54) is 12.2 Å². The van der Waals surface area contributed by atoms with Crippen LogP contribution in [-0.4, -0.2) is 37.7 Å². The van der Waals surface area contributed by atoms with Gasteiger partial charge in [0.25, 0.3) is 0 Å². The molecule has 0 unspecified atom stereocenters. The highest BCUT2D eigenvalue weighted by molar-refractivity contribution is 6.00. The fraction of sp³-hybridized carbons (Fsp3) is 0.500. The van der Waals surface area contributed by atoms with Gasteiger partial charge in [-0.05, 0) is 31.2 Å². The summed E-state index contributed by atoms with van der Waals surface area (Å²) in [6.45, 7) is 2.50. The van der Waals surface area contributed by atoms with Crippen LogP contribution in [0.5, 0.6) is 0 Å². The van der Waals surface area contributed by atoms with Crippen LogP contribution in [0.15, 0.2) is 24.3 Å². The number of rotatable bonds is 5.